The molecular weight excluding hydrogens is 826 g/mol. The summed E-state index contributed by atoms with van der Waals surface area (Å²) in [5, 5.41) is 7.91. The average Bonchev–Trinajstić information content (AvgIpc) is 3.53. The molecule has 16 nitrogen and oxygen atoms in total. The molecule has 2 aliphatic heterocycles. The molecule has 0 bridgehead atoms. The number of nitrogens with zero attached hydrogens (tertiary/aromatic N) is 4. The summed E-state index contributed by atoms with van der Waals surface area (Å²) in [6, 6.07) is 7.35. The van der Waals surface area contributed by atoms with E-state index in [2.05, 4.69) is 20.9 Å². The lowest BCUT2D eigenvalue weighted by molar-refractivity contribution is -0.129. The molecule has 1 unspecified atom stereocenters. The zero-order valence-electron chi connectivity index (χ0n) is 34.9. The molecule has 1 aliphatic carbocycles. The molecule has 2 saturated heterocycles. The second-order valence-electron chi connectivity index (χ2n) is 17.5. The predicted octanol–water partition coefficient (Wildman–Crippen LogP) is 4.74. The lowest BCUT2D eigenvalue weighted by Crippen LogP contribution is -2.49. The maximum absolute atomic E-state index is 16.1. The van der Waals surface area contributed by atoms with Gasteiger partial charge in [0.1, 0.15) is 22.2 Å². The molecule has 4 amide bonds. The van der Waals surface area contributed by atoms with Crippen molar-refractivity contribution in [3.05, 3.63) is 47.1 Å². The molecular formula is C40H57ClF2N8O8S. The lowest BCUT2D eigenvalue weighted by Gasteiger charge is -2.36. The number of alkyl carbamates (subject to hydrolysis) is 2. The van der Waals surface area contributed by atoms with Gasteiger partial charge in [0.05, 0.1) is 10.9 Å². The van der Waals surface area contributed by atoms with Crippen LogP contribution in [0.5, 0.6) is 0 Å². The van der Waals surface area contributed by atoms with Crippen molar-refractivity contribution in [3.63, 3.8) is 0 Å². The highest BCUT2D eigenvalue weighted by Crippen LogP contribution is 2.46. The molecule has 2 atom stereocenters. The number of anilines is 2. The summed E-state index contributed by atoms with van der Waals surface area (Å²) in [6.07, 6.45) is -0.458. The van der Waals surface area contributed by atoms with E-state index in [4.69, 9.17) is 26.8 Å². The number of carbonyl (C=O) groups is 4. The van der Waals surface area contributed by atoms with Gasteiger partial charge in [-0.25, -0.2) is 31.8 Å². The molecule has 2 aromatic rings. The van der Waals surface area contributed by atoms with Crippen molar-refractivity contribution in [3.8, 4) is 0 Å². The van der Waals surface area contributed by atoms with Crippen LogP contribution in [0.15, 0.2) is 41.3 Å². The van der Waals surface area contributed by atoms with Gasteiger partial charge in [-0.3, -0.25) is 9.59 Å². The fraction of sp³-hybridized carbons (Fsp3) is 0.625. The molecule has 60 heavy (non-hydrogen) atoms. The van der Waals surface area contributed by atoms with E-state index in [1.807, 2.05) is 0 Å². The average molecular weight is 883 g/mol. The molecule has 3 heterocycles. The zero-order chi connectivity index (χ0) is 44.2. The first-order valence-corrected chi connectivity index (χ1v) is 21.9. The van der Waals surface area contributed by atoms with Crippen LogP contribution in [0.1, 0.15) is 79.2 Å². The van der Waals surface area contributed by atoms with Gasteiger partial charge >= 0.3 is 12.2 Å². The summed E-state index contributed by atoms with van der Waals surface area (Å²) < 4.78 is 71.2. The third-order valence-corrected chi connectivity index (χ3v) is 12.5. The second-order valence-corrected chi connectivity index (χ2v) is 19.9. The van der Waals surface area contributed by atoms with Gasteiger partial charge in [0, 0.05) is 81.4 Å². The number of ether oxygens (including phenoxy) is 2. The number of pyridine rings is 1. The molecule has 1 saturated carbocycles. The van der Waals surface area contributed by atoms with Crippen molar-refractivity contribution in [1.82, 2.24) is 25.2 Å². The Morgan fingerprint density at radius 2 is 1.48 bits per heavy atom. The molecule has 1 aromatic heterocycles. The van der Waals surface area contributed by atoms with Crippen LogP contribution >= 0.6 is 11.6 Å². The van der Waals surface area contributed by atoms with Gasteiger partial charge in [-0.1, -0.05) is 11.6 Å². The van der Waals surface area contributed by atoms with Crippen LogP contribution in [0.4, 0.5) is 29.9 Å². The Balaban J connectivity index is 1.11. The molecule has 5 N–H and O–H groups in total. The number of rotatable bonds is 12. The van der Waals surface area contributed by atoms with Crippen LogP contribution in [0.25, 0.3) is 0 Å². The second kappa shape index (κ2) is 18.7. The third kappa shape index (κ3) is 12.4. The van der Waals surface area contributed by atoms with Crippen molar-refractivity contribution in [1.29, 1.82) is 0 Å². The highest BCUT2D eigenvalue weighted by Gasteiger charge is 2.45. The number of piperazine rings is 1. The molecule has 332 valence electrons. The van der Waals surface area contributed by atoms with Crippen LogP contribution in [0, 0.1) is 11.8 Å². The monoisotopic (exact) mass is 882 g/mol. The maximum atomic E-state index is 16.1. The number of benzene rings is 1. The quantitative estimate of drug-likeness (QED) is 0.214. The van der Waals surface area contributed by atoms with E-state index in [1.54, 1.807) is 58.6 Å². The Morgan fingerprint density at radius 3 is 2.08 bits per heavy atom. The molecule has 0 spiro atoms. The number of halogens is 3. The van der Waals surface area contributed by atoms with Gasteiger partial charge in [-0.2, -0.15) is 4.31 Å². The minimum atomic E-state index is -3.94. The number of alkyl halides is 2. The molecule has 3 fully saturated rings. The summed E-state index contributed by atoms with van der Waals surface area (Å²) in [6.45, 7) is 11.3. The zero-order valence-corrected chi connectivity index (χ0v) is 36.5. The van der Waals surface area contributed by atoms with Crippen molar-refractivity contribution in [2.45, 2.75) is 108 Å². The SMILES string of the molecule is CC(C)(C)OC(=O)NCC(N)CNC(=O)[C@H]1CC[C@H](C(F)(F)c2cc(Cl)nc(N3CCN(S(=O)(=O)c4ccc(N5C[C@H](NC(=O)OC(C)(C)C)CC5=O)cc4)CC3)c2)CC1. The molecule has 20 heteroatoms. The van der Waals surface area contributed by atoms with Gasteiger partial charge in [-0.15, -0.1) is 0 Å². The van der Waals surface area contributed by atoms with Crippen LogP contribution in [0.3, 0.4) is 0 Å². The Morgan fingerprint density at radius 1 is 0.900 bits per heavy atom. The van der Waals surface area contributed by atoms with Crippen LogP contribution in [-0.2, 0) is 35.0 Å². The van der Waals surface area contributed by atoms with Gasteiger partial charge in [-0.05, 0) is 104 Å². The summed E-state index contributed by atoms with van der Waals surface area (Å²) >= 11 is 6.29. The first-order valence-electron chi connectivity index (χ1n) is 20.1. The normalized spacial score (nSPS) is 21.3. The van der Waals surface area contributed by atoms with Crippen molar-refractivity contribution < 1.29 is 45.9 Å². The molecule has 0 radical (unpaired) electrons. The first-order chi connectivity index (χ1) is 27.9. The maximum Gasteiger partial charge on any atom is 0.407 e. The van der Waals surface area contributed by atoms with E-state index in [1.165, 1.54) is 27.4 Å². The van der Waals surface area contributed by atoms with E-state index in [0.717, 1.165) is 6.07 Å². The smallest absolute Gasteiger partial charge is 0.407 e. The van der Waals surface area contributed by atoms with Crippen molar-refractivity contribution in [2.24, 2.45) is 17.6 Å². The van der Waals surface area contributed by atoms with Crippen LogP contribution in [-0.4, -0.2) is 111 Å². The summed E-state index contributed by atoms with van der Waals surface area (Å²) in [5.74, 6) is -5.07. The van der Waals surface area contributed by atoms with Crippen LogP contribution in [0.2, 0.25) is 5.15 Å². The van der Waals surface area contributed by atoms with Gasteiger partial charge < -0.3 is 41.0 Å². The number of nitrogens with two attached hydrogens (primary N) is 1. The number of nitrogens with one attached hydrogen (secondary N) is 3. The fourth-order valence-corrected chi connectivity index (χ4v) is 9.03. The largest absolute Gasteiger partial charge is 0.444 e. The Labute approximate surface area is 355 Å². The molecule has 1 aromatic carbocycles. The number of sulfonamides is 1. The Hall–Kier alpha value is -4.33. The Kier molecular flexibility index (Phi) is 14.6. The third-order valence-electron chi connectivity index (χ3n) is 10.4. The van der Waals surface area contributed by atoms with Crippen molar-refractivity contribution in [2.75, 3.05) is 55.6 Å². The highest BCUT2D eigenvalue weighted by atomic mass is 35.5. The van der Waals surface area contributed by atoms with E-state index in [9.17, 15) is 27.6 Å². The number of hydrogen-bond acceptors (Lipinski definition) is 11. The lowest BCUT2D eigenvalue weighted by atomic mass is 9.77. The molecule has 3 aliphatic rings. The predicted molar refractivity (Wildman–Crippen MR) is 221 cm³/mol. The summed E-state index contributed by atoms with van der Waals surface area (Å²) in [5.41, 5.74) is 4.86. The van der Waals surface area contributed by atoms with E-state index in [-0.39, 0.29) is 111 Å². The topological polar surface area (TPSA) is 206 Å². The van der Waals surface area contributed by atoms with Crippen LogP contribution < -0.4 is 31.5 Å². The van der Waals surface area contributed by atoms with Gasteiger partial charge in [0.15, 0.2) is 0 Å². The minimum Gasteiger partial charge on any atom is -0.444 e. The highest BCUT2D eigenvalue weighted by molar-refractivity contribution is 7.89. The number of carbonyl (C=O) groups excluding carboxylic acids is 4. The van der Waals surface area contributed by atoms with E-state index >= 15 is 8.78 Å². The van der Waals surface area contributed by atoms with Gasteiger partial charge in [0.2, 0.25) is 21.8 Å². The van der Waals surface area contributed by atoms with E-state index in [0.29, 0.717) is 5.69 Å². The van der Waals surface area contributed by atoms with E-state index < -0.39 is 63.3 Å². The summed E-state index contributed by atoms with van der Waals surface area (Å²) in [4.78, 5) is 57.2. The number of aromatic nitrogens is 1. The fourth-order valence-electron chi connectivity index (χ4n) is 7.40. The Bertz CT molecular complexity index is 1980. The summed E-state index contributed by atoms with van der Waals surface area (Å²) in [7, 11) is -3.94. The minimum absolute atomic E-state index is 0.0287. The number of hydrogen-bond donors (Lipinski definition) is 4. The standard InChI is InChI=1S/C40H57ClF2N8O8S/c1-38(2,3)58-36(54)46-23-28(44)22-45-35(53)25-7-9-26(10-8-25)40(42,43)27-19-32(41)48-33(20-27)49-15-17-50(18-16-49)60(56,57)31-13-11-30(12-14-31)51-24-29(21-34(51)52)47-37(55)59-39(4,5)6/h11-14,19-20,25-26,28-29H,7-10,15-18,21-24,44H2,1-6H3,(H,45,53)(H,46,54)(H,47,55)/t25-,26-,28?,29-/m1/s1. The van der Waals surface area contributed by atoms with Gasteiger partial charge in [0.25, 0.3) is 5.92 Å². The number of amides is 4. The molecule has 5 rings (SSSR count). The first kappa shape index (κ1) is 46.7. The van der Waals surface area contributed by atoms with Crippen molar-refractivity contribution >= 4 is 57.1 Å².